The maximum Gasteiger partial charge on any atom is 0.301 e. The van der Waals surface area contributed by atoms with E-state index in [0.29, 0.717) is 27.9 Å². The third-order valence-corrected chi connectivity index (χ3v) is 5.42. The van der Waals surface area contributed by atoms with Crippen molar-refractivity contribution in [2.75, 3.05) is 5.43 Å². The fourth-order valence-corrected chi connectivity index (χ4v) is 3.30. The zero-order chi connectivity index (χ0) is 23.4. The van der Waals surface area contributed by atoms with E-state index >= 15 is 0 Å². The zero-order valence-corrected chi connectivity index (χ0v) is 18.6. The molecule has 3 rings (SSSR count). The summed E-state index contributed by atoms with van der Waals surface area (Å²) in [6, 6.07) is 12.3. The predicted octanol–water partition coefficient (Wildman–Crippen LogP) is 5.23. The van der Waals surface area contributed by atoms with E-state index in [1.165, 1.54) is 12.1 Å². The van der Waals surface area contributed by atoms with Gasteiger partial charge in [0.1, 0.15) is 11.4 Å². The number of nitrogens with zero attached hydrogens (tertiary/aromatic N) is 4. The summed E-state index contributed by atoms with van der Waals surface area (Å²) in [5.74, 6) is 0. The summed E-state index contributed by atoms with van der Waals surface area (Å²) in [4.78, 5) is 21.0. The van der Waals surface area contributed by atoms with Crippen LogP contribution in [-0.4, -0.2) is 15.6 Å². The van der Waals surface area contributed by atoms with Crippen LogP contribution >= 0.6 is 23.2 Å². The minimum atomic E-state index is -0.706. The monoisotopic (exact) mass is 474 g/mol. The molecular weight excluding hydrogens is 457 g/mol. The van der Waals surface area contributed by atoms with Crippen LogP contribution in [0.4, 0.5) is 17.1 Å². The van der Waals surface area contributed by atoms with Crippen molar-refractivity contribution in [2.24, 2.45) is 5.10 Å². The molecule has 0 unspecified atom stereocenters. The summed E-state index contributed by atoms with van der Waals surface area (Å²) in [6.07, 6.45) is 1.91. The Morgan fingerprint density at radius 1 is 1.00 bits per heavy atom. The van der Waals surface area contributed by atoms with Gasteiger partial charge in [0.15, 0.2) is 18.4 Å². The van der Waals surface area contributed by atoms with Crippen molar-refractivity contribution in [3.05, 3.63) is 102 Å². The molecule has 1 heterocycles. The van der Waals surface area contributed by atoms with E-state index in [-0.39, 0.29) is 11.4 Å². The minimum absolute atomic E-state index is 0.0174. The molecule has 0 fully saturated rings. The van der Waals surface area contributed by atoms with Gasteiger partial charge >= 0.3 is 5.69 Å². The molecule has 0 aliphatic heterocycles. The van der Waals surface area contributed by atoms with Gasteiger partial charge in [0, 0.05) is 30.7 Å². The third kappa shape index (κ3) is 5.37. The van der Waals surface area contributed by atoms with Gasteiger partial charge in [0.2, 0.25) is 0 Å². The lowest BCUT2D eigenvalue weighted by atomic mass is 10.1. The number of nitrogens with one attached hydrogen (secondary N) is 1. The number of anilines is 1. The van der Waals surface area contributed by atoms with Crippen molar-refractivity contribution in [1.82, 2.24) is 0 Å². The van der Waals surface area contributed by atoms with Crippen molar-refractivity contribution in [3.8, 4) is 0 Å². The van der Waals surface area contributed by atoms with E-state index in [1.54, 1.807) is 18.2 Å². The average molecular weight is 475 g/mol. The number of hydrogen-bond donors (Lipinski definition) is 1. The molecule has 0 aliphatic rings. The van der Waals surface area contributed by atoms with Crippen LogP contribution in [0, 0.1) is 34.1 Å². The van der Waals surface area contributed by atoms with Gasteiger partial charge in [-0.25, -0.2) is 0 Å². The van der Waals surface area contributed by atoms with Gasteiger partial charge in [-0.15, -0.1) is 0 Å². The molecule has 32 heavy (non-hydrogen) atoms. The van der Waals surface area contributed by atoms with Gasteiger partial charge in [0.25, 0.3) is 5.69 Å². The van der Waals surface area contributed by atoms with E-state index in [4.69, 9.17) is 23.2 Å². The Bertz CT molecular complexity index is 1250. The highest BCUT2D eigenvalue weighted by Crippen LogP contribution is 2.29. The summed E-state index contributed by atoms with van der Waals surface area (Å²) in [7, 11) is 0. The molecule has 11 heteroatoms. The molecule has 0 saturated carbocycles. The highest BCUT2D eigenvalue weighted by Gasteiger charge is 2.20. The second-order valence-corrected chi connectivity index (χ2v) is 7.80. The van der Waals surface area contributed by atoms with Crippen molar-refractivity contribution >= 4 is 46.0 Å². The Labute approximate surface area is 193 Å². The highest BCUT2D eigenvalue weighted by molar-refractivity contribution is 6.42. The molecule has 2 aromatic carbocycles. The molecule has 0 atom stereocenters. The number of nitro benzene ring substituents is 2. The maximum atomic E-state index is 11.4. The quantitative estimate of drug-likeness (QED) is 0.218. The smallest absolute Gasteiger partial charge is 0.271 e. The van der Waals surface area contributed by atoms with E-state index in [0.717, 1.165) is 17.3 Å². The second-order valence-electron chi connectivity index (χ2n) is 6.99. The minimum Gasteiger partial charge on any atom is -0.271 e. The first kappa shape index (κ1) is 23.1. The molecular formula is C21H18Cl2N5O4+. The normalized spacial score (nSPS) is 11.3. The fourth-order valence-electron chi connectivity index (χ4n) is 3.00. The van der Waals surface area contributed by atoms with E-state index in [9.17, 15) is 20.2 Å². The lowest BCUT2D eigenvalue weighted by Gasteiger charge is -2.09. The van der Waals surface area contributed by atoms with Crippen LogP contribution in [0.1, 0.15) is 16.8 Å². The van der Waals surface area contributed by atoms with Crippen molar-refractivity contribution in [1.29, 1.82) is 0 Å². The highest BCUT2D eigenvalue weighted by atomic mass is 35.5. The van der Waals surface area contributed by atoms with Gasteiger partial charge in [-0.05, 0) is 30.7 Å². The SMILES string of the molecule is Cc1cc[n+](CC(=NNc2ccc([N+](=O)[O-])cc2[N+](=O)[O-])c2ccc(Cl)c(Cl)c2)c(C)c1. The molecule has 1 aromatic heterocycles. The van der Waals surface area contributed by atoms with Crippen LogP contribution in [0.3, 0.4) is 0 Å². The Kier molecular flexibility index (Phi) is 7.01. The summed E-state index contributed by atoms with van der Waals surface area (Å²) in [5, 5.41) is 27.5. The number of hydrazone groups is 1. The topological polar surface area (TPSA) is 115 Å². The molecule has 0 spiro atoms. The van der Waals surface area contributed by atoms with E-state index in [1.807, 2.05) is 36.7 Å². The van der Waals surface area contributed by atoms with Crippen molar-refractivity contribution in [2.45, 2.75) is 20.4 Å². The number of rotatable bonds is 7. The van der Waals surface area contributed by atoms with Crippen molar-refractivity contribution < 1.29 is 14.4 Å². The van der Waals surface area contributed by atoms with Crippen LogP contribution < -0.4 is 9.99 Å². The number of nitro groups is 2. The molecule has 0 aliphatic carbocycles. The molecule has 3 aromatic rings. The Balaban J connectivity index is 2.04. The van der Waals surface area contributed by atoms with Crippen molar-refractivity contribution in [3.63, 3.8) is 0 Å². The first-order valence-electron chi connectivity index (χ1n) is 9.33. The first-order chi connectivity index (χ1) is 15.2. The Hall–Kier alpha value is -3.56. The first-order valence-corrected chi connectivity index (χ1v) is 10.1. The maximum absolute atomic E-state index is 11.4. The number of halogens is 2. The van der Waals surface area contributed by atoms with Gasteiger partial charge in [-0.2, -0.15) is 9.67 Å². The van der Waals surface area contributed by atoms with Crippen LogP contribution in [-0.2, 0) is 6.54 Å². The predicted molar refractivity (Wildman–Crippen MR) is 122 cm³/mol. The average Bonchev–Trinajstić information content (AvgIpc) is 2.74. The van der Waals surface area contributed by atoms with Gasteiger partial charge in [-0.3, -0.25) is 25.7 Å². The van der Waals surface area contributed by atoms with Gasteiger partial charge < -0.3 is 0 Å². The Morgan fingerprint density at radius 3 is 2.38 bits per heavy atom. The van der Waals surface area contributed by atoms with Gasteiger partial charge in [-0.1, -0.05) is 29.3 Å². The number of aromatic nitrogens is 1. The lowest BCUT2D eigenvalue weighted by molar-refractivity contribution is -0.687. The van der Waals surface area contributed by atoms with E-state index in [2.05, 4.69) is 10.5 Å². The molecule has 1 N–H and O–H groups in total. The van der Waals surface area contributed by atoms with Crippen LogP contribution in [0.15, 0.2) is 59.8 Å². The Morgan fingerprint density at radius 2 is 1.75 bits per heavy atom. The number of hydrogen-bond acceptors (Lipinski definition) is 6. The summed E-state index contributed by atoms with van der Waals surface area (Å²) >= 11 is 12.2. The molecule has 0 amide bonds. The molecule has 9 nitrogen and oxygen atoms in total. The standard InChI is InChI=1S/C21H18Cl2N5O4/c1-13-7-8-26(14(2)9-13)12-20(15-3-5-17(22)18(23)10-15)25-24-19-6-4-16(27(29)30)11-21(19)28(31)32/h3-11,24H,12H2,1-2H3/q+1. The number of pyridine rings is 1. The summed E-state index contributed by atoms with van der Waals surface area (Å²) < 4.78 is 1.96. The van der Waals surface area contributed by atoms with Crippen LogP contribution in [0.2, 0.25) is 10.0 Å². The molecule has 0 radical (unpaired) electrons. The zero-order valence-electron chi connectivity index (χ0n) is 17.1. The second kappa shape index (κ2) is 9.71. The fraction of sp³-hybridized carbons (Fsp3) is 0.143. The number of aryl methyl sites for hydroxylation is 2. The number of non-ortho nitro benzene ring substituents is 1. The van der Waals surface area contributed by atoms with Crippen LogP contribution in [0.5, 0.6) is 0 Å². The molecule has 164 valence electrons. The lowest BCUT2D eigenvalue weighted by Crippen LogP contribution is -2.41. The number of benzene rings is 2. The summed E-state index contributed by atoms with van der Waals surface area (Å²) in [6.45, 7) is 4.27. The van der Waals surface area contributed by atoms with E-state index < -0.39 is 15.5 Å². The molecule has 0 saturated heterocycles. The largest absolute Gasteiger partial charge is 0.301 e. The van der Waals surface area contributed by atoms with Gasteiger partial charge in [0.05, 0.1) is 26.0 Å². The molecule has 0 bridgehead atoms. The third-order valence-electron chi connectivity index (χ3n) is 4.68. The van der Waals surface area contributed by atoms with Crippen LogP contribution in [0.25, 0.3) is 0 Å². The summed E-state index contributed by atoms with van der Waals surface area (Å²) in [5.41, 5.74) is 5.11.